The fourth-order valence-corrected chi connectivity index (χ4v) is 3.11. The molecule has 2 aliphatic heterocycles. The number of urea groups is 1. The lowest BCUT2D eigenvalue weighted by atomic mass is 9.92. The first-order valence-corrected chi connectivity index (χ1v) is 8.23. The molecule has 1 atom stereocenters. The van der Waals surface area contributed by atoms with Crippen LogP contribution in [0.5, 0.6) is 5.75 Å². The van der Waals surface area contributed by atoms with Crippen LogP contribution in [0.4, 0.5) is 4.79 Å². The van der Waals surface area contributed by atoms with E-state index in [0.717, 1.165) is 18.0 Å². The Morgan fingerprint density at radius 1 is 1.20 bits per heavy atom. The van der Waals surface area contributed by atoms with Gasteiger partial charge in [0.25, 0.3) is 5.91 Å². The van der Waals surface area contributed by atoms with Crippen molar-refractivity contribution in [2.45, 2.75) is 12.5 Å². The lowest BCUT2D eigenvalue weighted by Gasteiger charge is -2.28. The topological polar surface area (TPSA) is 91.0 Å². The van der Waals surface area contributed by atoms with Gasteiger partial charge in [0.2, 0.25) is 5.91 Å². The first-order valence-electron chi connectivity index (χ1n) is 8.23. The SMILES string of the molecule is COc1ccc(C2(C)NC(=O)N(CC(=O)N3CCNCC3)C2=O)cc1. The van der Waals surface area contributed by atoms with Gasteiger partial charge in [-0.3, -0.25) is 14.5 Å². The molecule has 0 aromatic heterocycles. The van der Waals surface area contributed by atoms with Crippen LogP contribution in [0.15, 0.2) is 24.3 Å². The molecule has 2 aliphatic rings. The number of benzene rings is 1. The molecule has 0 aliphatic carbocycles. The average Bonchev–Trinajstić information content (AvgIpc) is 2.86. The van der Waals surface area contributed by atoms with Crippen LogP contribution in [0.3, 0.4) is 0 Å². The molecule has 0 saturated carbocycles. The van der Waals surface area contributed by atoms with Crippen molar-refractivity contribution in [3.8, 4) is 5.75 Å². The number of carbonyl (C=O) groups excluding carboxylic acids is 3. The maximum absolute atomic E-state index is 12.8. The van der Waals surface area contributed by atoms with Crippen molar-refractivity contribution >= 4 is 17.8 Å². The maximum atomic E-state index is 12.8. The van der Waals surface area contributed by atoms with E-state index in [0.29, 0.717) is 24.4 Å². The van der Waals surface area contributed by atoms with Crippen LogP contribution in [-0.4, -0.2) is 67.5 Å². The molecular weight excluding hydrogens is 324 g/mol. The van der Waals surface area contributed by atoms with Crippen molar-refractivity contribution in [3.05, 3.63) is 29.8 Å². The molecule has 0 bridgehead atoms. The predicted molar refractivity (Wildman–Crippen MR) is 90.0 cm³/mol. The molecule has 2 saturated heterocycles. The molecule has 0 radical (unpaired) electrons. The zero-order valence-electron chi connectivity index (χ0n) is 14.4. The summed E-state index contributed by atoms with van der Waals surface area (Å²) in [6.45, 7) is 4.00. The minimum absolute atomic E-state index is 0.219. The Hall–Kier alpha value is -2.61. The van der Waals surface area contributed by atoms with Gasteiger partial charge < -0.3 is 20.3 Å². The normalized spacial score (nSPS) is 23.6. The number of hydrogen-bond acceptors (Lipinski definition) is 5. The molecule has 2 fully saturated rings. The maximum Gasteiger partial charge on any atom is 0.325 e. The Balaban J connectivity index is 1.75. The van der Waals surface area contributed by atoms with Crippen molar-refractivity contribution in [2.24, 2.45) is 0 Å². The van der Waals surface area contributed by atoms with Crippen molar-refractivity contribution in [1.29, 1.82) is 0 Å². The van der Waals surface area contributed by atoms with Crippen LogP contribution in [0.1, 0.15) is 12.5 Å². The molecule has 8 nitrogen and oxygen atoms in total. The van der Waals surface area contributed by atoms with Crippen molar-refractivity contribution in [3.63, 3.8) is 0 Å². The van der Waals surface area contributed by atoms with Gasteiger partial charge in [0, 0.05) is 26.2 Å². The Morgan fingerprint density at radius 3 is 2.44 bits per heavy atom. The third-order valence-electron chi connectivity index (χ3n) is 4.71. The second kappa shape index (κ2) is 6.72. The minimum Gasteiger partial charge on any atom is -0.497 e. The van der Waals surface area contributed by atoms with Gasteiger partial charge in [-0.15, -0.1) is 0 Å². The summed E-state index contributed by atoms with van der Waals surface area (Å²) in [5, 5.41) is 5.87. The number of nitrogens with zero attached hydrogens (tertiary/aromatic N) is 2. The third kappa shape index (κ3) is 3.17. The number of rotatable bonds is 4. The number of nitrogens with one attached hydrogen (secondary N) is 2. The van der Waals surface area contributed by atoms with E-state index in [4.69, 9.17) is 4.74 Å². The van der Waals surface area contributed by atoms with E-state index in [9.17, 15) is 14.4 Å². The monoisotopic (exact) mass is 346 g/mol. The van der Waals surface area contributed by atoms with Crippen LogP contribution in [0.2, 0.25) is 0 Å². The predicted octanol–water partition coefficient (Wildman–Crippen LogP) is -0.106. The van der Waals surface area contributed by atoms with E-state index in [1.54, 1.807) is 43.2 Å². The molecule has 8 heteroatoms. The van der Waals surface area contributed by atoms with Crippen LogP contribution < -0.4 is 15.4 Å². The van der Waals surface area contributed by atoms with Gasteiger partial charge in [0.1, 0.15) is 17.8 Å². The van der Waals surface area contributed by atoms with Crippen molar-refractivity contribution < 1.29 is 19.1 Å². The molecule has 134 valence electrons. The first kappa shape index (κ1) is 17.2. The van der Waals surface area contributed by atoms with E-state index in [1.807, 2.05) is 0 Å². The van der Waals surface area contributed by atoms with E-state index in [1.165, 1.54) is 0 Å². The van der Waals surface area contributed by atoms with E-state index in [-0.39, 0.29) is 12.5 Å². The molecule has 0 spiro atoms. The van der Waals surface area contributed by atoms with Crippen LogP contribution in [-0.2, 0) is 15.1 Å². The van der Waals surface area contributed by atoms with Gasteiger partial charge in [-0.2, -0.15) is 0 Å². The molecule has 25 heavy (non-hydrogen) atoms. The largest absolute Gasteiger partial charge is 0.497 e. The second-order valence-electron chi connectivity index (χ2n) is 6.31. The highest BCUT2D eigenvalue weighted by Crippen LogP contribution is 2.30. The third-order valence-corrected chi connectivity index (χ3v) is 4.71. The summed E-state index contributed by atoms with van der Waals surface area (Å²) >= 11 is 0. The highest BCUT2D eigenvalue weighted by atomic mass is 16.5. The highest BCUT2D eigenvalue weighted by Gasteiger charge is 2.49. The van der Waals surface area contributed by atoms with Gasteiger partial charge in [0.15, 0.2) is 0 Å². The molecule has 2 N–H and O–H groups in total. The lowest BCUT2D eigenvalue weighted by molar-refractivity contribution is -0.139. The summed E-state index contributed by atoms with van der Waals surface area (Å²) < 4.78 is 5.12. The smallest absolute Gasteiger partial charge is 0.325 e. The standard InChI is InChI=1S/C17H22N4O4/c1-17(12-3-5-13(25-2)6-4-12)15(23)21(16(24)19-17)11-14(22)20-9-7-18-8-10-20/h3-6,18H,7-11H2,1-2H3,(H,19,24). The van der Waals surface area contributed by atoms with Gasteiger partial charge in [-0.25, -0.2) is 4.79 Å². The molecular formula is C17H22N4O4. The first-order chi connectivity index (χ1) is 12.0. The molecule has 1 unspecified atom stereocenters. The summed E-state index contributed by atoms with van der Waals surface area (Å²) in [5.74, 6) is 0.0185. The Kier molecular flexibility index (Phi) is 4.63. The van der Waals surface area contributed by atoms with E-state index >= 15 is 0 Å². The van der Waals surface area contributed by atoms with Crippen LogP contribution >= 0.6 is 0 Å². The zero-order valence-corrected chi connectivity index (χ0v) is 14.4. The molecule has 3 rings (SSSR count). The van der Waals surface area contributed by atoms with Gasteiger partial charge in [0.05, 0.1) is 7.11 Å². The minimum atomic E-state index is -1.19. The van der Waals surface area contributed by atoms with Gasteiger partial charge in [-0.1, -0.05) is 12.1 Å². The fourth-order valence-electron chi connectivity index (χ4n) is 3.11. The second-order valence-corrected chi connectivity index (χ2v) is 6.31. The van der Waals surface area contributed by atoms with E-state index < -0.39 is 17.5 Å². The van der Waals surface area contributed by atoms with Crippen LogP contribution in [0, 0.1) is 0 Å². The number of piperazine rings is 1. The zero-order chi connectivity index (χ0) is 18.0. The number of carbonyl (C=O) groups is 3. The van der Waals surface area contributed by atoms with Gasteiger partial charge >= 0.3 is 6.03 Å². The quantitative estimate of drug-likeness (QED) is 0.743. The molecule has 1 aromatic rings. The highest BCUT2D eigenvalue weighted by molar-refractivity contribution is 6.09. The summed E-state index contributed by atoms with van der Waals surface area (Å²) in [4.78, 5) is 40.2. The Morgan fingerprint density at radius 2 is 1.84 bits per heavy atom. The number of amides is 4. The van der Waals surface area contributed by atoms with Crippen molar-refractivity contribution in [1.82, 2.24) is 20.4 Å². The molecule has 4 amide bonds. The summed E-state index contributed by atoms with van der Waals surface area (Å²) in [7, 11) is 1.56. The summed E-state index contributed by atoms with van der Waals surface area (Å²) in [6, 6.07) is 6.38. The average molecular weight is 346 g/mol. The Bertz CT molecular complexity index is 684. The summed E-state index contributed by atoms with van der Waals surface area (Å²) in [6.07, 6.45) is 0. The summed E-state index contributed by atoms with van der Waals surface area (Å²) in [5.41, 5.74) is -0.545. The van der Waals surface area contributed by atoms with Gasteiger partial charge in [-0.05, 0) is 24.6 Å². The van der Waals surface area contributed by atoms with Crippen LogP contribution in [0.25, 0.3) is 0 Å². The fraction of sp³-hybridized carbons (Fsp3) is 0.471. The van der Waals surface area contributed by atoms with Crippen molar-refractivity contribution in [2.75, 3.05) is 39.8 Å². The molecule has 2 heterocycles. The number of methoxy groups -OCH3 is 1. The molecule has 1 aromatic carbocycles. The van der Waals surface area contributed by atoms with E-state index in [2.05, 4.69) is 10.6 Å². The number of imide groups is 1. The number of ether oxygens (including phenoxy) is 1. The lowest BCUT2D eigenvalue weighted by Crippen LogP contribution is -2.50. The number of hydrogen-bond donors (Lipinski definition) is 2. The Labute approximate surface area is 146 Å².